The number of nitrogens with zero attached hydrogens (tertiary/aromatic N) is 2. The van der Waals surface area contributed by atoms with Crippen molar-refractivity contribution in [1.82, 2.24) is 9.47 Å². The smallest absolute Gasteiger partial charge is 0.401 e. The molecule has 1 aliphatic heterocycles. The largest absolute Gasteiger partial charge is 0.481 e. The number of carbonyl (C=O) groups excluding carboxylic acids is 1. The van der Waals surface area contributed by atoms with Crippen molar-refractivity contribution in [1.29, 1.82) is 0 Å². The Kier molecular flexibility index (Phi) is 8.04. The number of fused-ring (bicyclic) bond motifs is 1. The number of aromatic nitrogens is 1. The number of amides is 1. The van der Waals surface area contributed by atoms with Crippen LogP contribution in [0.15, 0.2) is 43.1 Å². The molecule has 4 rings (SSSR count). The van der Waals surface area contributed by atoms with E-state index < -0.39 is 24.4 Å². The maximum absolute atomic E-state index is 14.0. The van der Waals surface area contributed by atoms with Crippen LogP contribution in [0.4, 0.5) is 8.78 Å². The van der Waals surface area contributed by atoms with Crippen LogP contribution in [0.5, 0.6) is 5.75 Å². The quantitative estimate of drug-likeness (QED) is 0.296. The number of halogens is 4. The van der Waals surface area contributed by atoms with Crippen molar-refractivity contribution in [2.24, 2.45) is 5.92 Å². The number of rotatable bonds is 8. The molecule has 1 saturated heterocycles. The first-order chi connectivity index (χ1) is 17.9. The van der Waals surface area contributed by atoms with Crippen LogP contribution in [0.1, 0.15) is 46.3 Å². The van der Waals surface area contributed by atoms with E-state index in [1.165, 1.54) is 0 Å². The third kappa shape index (κ3) is 5.66. The lowest BCUT2D eigenvalue weighted by Gasteiger charge is -2.30. The van der Waals surface area contributed by atoms with Crippen molar-refractivity contribution in [2.75, 3.05) is 13.1 Å². The van der Waals surface area contributed by atoms with Crippen LogP contribution in [-0.4, -0.2) is 45.6 Å². The standard InChI is InChI=1S/C28H28Cl2F2N2O4/c1-4-9-28(31,32)38-19-12-16(2)25-21(13-19)17(3)14-34(25)15-22-23(29)6-5-20(24(22)30)26(35)33-10-7-18(8-11-33)27(36)37/h4-6,12-14,18H,1,7-11,15H2,2-3H3,(H,36,37). The highest BCUT2D eigenvalue weighted by Gasteiger charge is 2.31. The number of alkyl halides is 2. The minimum absolute atomic E-state index is 0.0537. The van der Waals surface area contributed by atoms with Crippen LogP contribution in [-0.2, 0) is 11.3 Å². The van der Waals surface area contributed by atoms with Gasteiger partial charge in [-0.1, -0.05) is 29.3 Å². The summed E-state index contributed by atoms with van der Waals surface area (Å²) in [6.45, 7) is 7.94. The highest BCUT2D eigenvalue weighted by molar-refractivity contribution is 6.38. The normalized spacial score (nSPS) is 14.6. The van der Waals surface area contributed by atoms with Gasteiger partial charge in [0.25, 0.3) is 5.91 Å². The molecular formula is C28H28Cl2F2N2O4. The van der Waals surface area contributed by atoms with Gasteiger partial charge in [0.1, 0.15) is 5.75 Å². The topological polar surface area (TPSA) is 71.8 Å². The van der Waals surface area contributed by atoms with E-state index in [0.29, 0.717) is 42.1 Å². The number of aliphatic carboxylic acids is 1. The van der Waals surface area contributed by atoms with E-state index in [1.807, 2.05) is 17.7 Å². The maximum atomic E-state index is 14.0. The number of hydrogen-bond acceptors (Lipinski definition) is 3. The number of likely N-dealkylation sites (tertiary alicyclic amines) is 1. The molecule has 1 aromatic heterocycles. The Morgan fingerprint density at radius 3 is 2.50 bits per heavy atom. The predicted octanol–water partition coefficient (Wildman–Crippen LogP) is 7.10. The van der Waals surface area contributed by atoms with Crippen molar-refractivity contribution in [3.63, 3.8) is 0 Å². The third-order valence-electron chi connectivity index (χ3n) is 6.86. The Hall–Kier alpha value is -3.10. The molecule has 1 amide bonds. The van der Waals surface area contributed by atoms with Crippen LogP contribution in [0.25, 0.3) is 10.9 Å². The first-order valence-electron chi connectivity index (χ1n) is 12.2. The lowest BCUT2D eigenvalue weighted by Crippen LogP contribution is -2.40. The first-order valence-corrected chi connectivity index (χ1v) is 12.9. The molecule has 2 heterocycles. The summed E-state index contributed by atoms with van der Waals surface area (Å²) in [5.74, 6) is -1.53. The van der Waals surface area contributed by atoms with Crippen LogP contribution in [0, 0.1) is 19.8 Å². The first kappa shape index (κ1) is 27.9. The molecule has 1 fully saturated rings. The van der Waals surface area contributed by atoms with Gasteiger partial charge in [0.2, 0.25) is 0 Å². The number of hydrogen-bond donors (Lipinski definition) is 1. The summed E-state index contributed by atoms with van der Waals surface area (Å²) in [6.07, 6.45) is -0.210. The van der Waals surface area contributed by atoms with E-state index in [2.05, 4.69) is 6.58 Å². The second kappa shape index (κ2) is 10.9. The summed E-state index contributed by atoms with van der Waals surface area (Å²) < 4.78 is 34.9. The average Bonchev–Trinajstić information content (AvgIpc) is 3.16. The van der Waals surface area contributed by atoms with E-state index in [0.717, 1.165) is 28.1 Å². The van der Waals surface area contributed by atoms with Gasteiger partial charge in [0, 0.05) is 35.3 Å². The molecule has 0 saturated carbocycles. The SMILES string of the molecule is C=CCC(F)(F)Oc1cc(C)c2c(c1)c(C)cn2Cc1c(Cl)ccc(C(=O)N2CCC(C(=O)O)CC2)c1Cl. The van der Waals surface area contributed by atoms with Gasteiger partial charge in [-0.05, 0) is 62.1 Å². The molecule has 38 heavy (non-hydrogen) atoms. The third-order valence-corrected chi connectivity index (χ3v) is 7.65. The summed E-state index contributed by atoms with van der Waals surface area (Å²) in [6, 6.07) is 6.34. The van der Waals surface area contributed by atoms with Gasteiger partial charge >= 0.3 is 12.1 Å². The fraction of sp³-hybridized carbons (Fsp3) is 0.357. The molecule has 0 radical (unpaired) electrons. The minimum atomic E-state index is -3.37. The van der Waals surface area contributed by atoms with Crippen LogP contribution < -0.4 is 4.74 Å². The average molecular weight is 565 g/mol. The summed E-state index contributed by atoms with van der Waals surface area (Å²) >= 11 is 13.3. The van der Waals surface area contributed by atoms with Crippen LogP contribution in [0.2, 0.25) is 10.0 Å². The van der Waals surface area contributed by atoms with Crippen molar-refractivity contribution in [3.8, 4) is 5.75 Å². The highest BCUT2D eigenvalue weighted by Crippen LogP contribution is 2.36. The lowest BCUT2D eigenvalue weighted by atomic mass is 9.96. The lowest BCUT2D eigenvalue weighted by molar-refractivity contribution is -0.172. The van der Waals surface area contributed by atoms with E-state index in [-0.39, 0.29) is 23.2 Å². The molecule has 0 atom stereocenters. The number of aryl methyl sites for hydroxylation is 2. The fourth-order valence-corrected chi connectivity index (χ4v) is 5.51. The molecule has 0 spiro atoms. The zero-order chi connectivity index (χ0) is 27.8. The molecule has 10 heteroatoms. The van der Waals surface area contributed by atoms with Gasteiger partial charge < -0.3 is 19.3 Å². The zero-order valence-corrected chi connectivity index (χ0v) is 22.6. The Balaban J connectivity index is 1.64. The summed E-state index contributed by atoms with van der Waals surface area (Å²) in [4.78, 5) is 26.1. The molecule has 2 aromatic carbocycles. The highest BCUT2D eigenvalue weighted by atomic mass is 35.5. The summed E-state index contributed by atoms with van der Waals surface area (Å²) in [5.41, 5.74) is 3.22. The summed E-state index contributed by atoms with van der Waals surface area (Å²) in [5, 5.41) is 10.6. The van der Waals surface area contributed by atoms with Gasteiger partial charge in [0.15, 0.2) is 0 Å². The number of carbonyl (C=O) groups is 2. The van der Waals surface area contributed by atoms with Crippen LogP contribution >= 0.6 is 23.2 Å². The van der Waals surface area contributed by atoms with Gasteiger partial charge in [-0.15, -0.1) is 6.58 Å². The van der Waals surface area contributed by atoms with E-state index in [1.54, 1.807) is 36.1 Å². The number of benzene rings is 2. The second-order valence-corrected chi connectivity index (χ2v) is 10.4. The predicted molar refractivity (Wildman–Crippen MR) is 144 cm³/mol. The molecule has 1 aliphatic rings. The van der Waals surface area contributed by atoms with Gasteiger partial charge in [-0.2, -0.15) is 8.78 Å². The molecule has 6 nitrogen and oxygen atoms in total. The van der Waals surface area contributed by atoms with Crippen molar-refractivity contribution in [3.05, 3.63) is 75.4 Å². The number of piperidine rings is 1. The number of ether oxygens (including phenoxy) is 1. The van der Waals surface area contributed by atoms with Crippen LogP contribution in [0.3, 0.4) is 0 Å². The summed E-state index contributed by atoms with van der Waals surface area (Å²) in [7, 11) is 0. The Morgan fingerprint density at radius 2 is 1.87 bits per heavy atom. The van der Waals surface area contributed by atoms with Gasteiger partial charge in [0.05, 0.1) is 35.0 Å². The second-order valence-electron chi connectivity index (χ2n) is 9.60. The van der Waals surface area contributed by atoms with E-state index in [9.17, 15) is 23.5 Å². The number of carboxylic acid groups (broad SMARTS) is 1. The monoisotopic (exact) mass is 564 g/mol. The molecule has 202 valence electrons. The zero-order valence-electron chi connectivity index (χ0n) is 21.1. The van der Waals surface area contributed by atoms with Crippen molar-refractivity contribution >= 4 is 46.0 Å². The van der Waals surface area contributed by atoms with Gasteiger partial charge in [-0.3, -0.25) is 9.59 Å². The molecule has 0 aliphatic carbocycles. The molecule has 0 bridgehead atoms. The molecule has 0 unspecified atom stereocenters. The molecule has 1 N–H and O–H groups in total. The molecule has 3 aromatic rings. The maximum Gasteiger partial charge on any atom is 0.401 e. The minimum Gasteiger partial charge on any atom is -0.481 e. The van der Waals surface area contributed by atoms with E-state index in [4.69, 9.17) is 27.9 Å². The van der Waals surface area contributed by atoms with E-state index >= 15 is 0 Å². The Labute approximate surface area is 229 Å². The Bertz CT molecular complexity index is 1410. The number of carboxylic acids is 1. The van der Waals surface area contributed by atoms with Crippen molar-refractivity contribution < 1.29 is 28.2 Å². The van der Waals surface area contributed by atoms with Crippen molar-refractivity contribution in [2.45, 2.75) is 45.8 Å². The Morgan fingerprint density at radius 1 is 1.18 bits per heavy atom. The molecular weight excluding hydrogens is 537 g/mol. The fourth-order valence-electron chi connectivity index (χ4n) is 4.94. The van der Waals surface area contributed by atoms with Gasteiger partial charge in [-0.25, -0.2) is 0 Å².